The van der Waals surface area contributed by atoms with Crippen LogP contribution in [0.15, 0.2) is 73.3 Å². The van der Waals surface area contributed by atoms with E-state index in [2.05, 4.69) is 18.1 Å². The molecule has 1 N–H and O–H groups in total. The first kappa shape index (κ1) is 27.9. The molecule has 2 aromatic carbocycles. The monoisotopic (exact) mass is 572 g/mol. The molecule has 0 saturated carbocycles. The topological polar surface area (TPSA) is 115 Å². The molecule has 0 spiro atoms. The summed E-state index contributed by atoms with van der Waals surface area (Å²) in [6.45, 7) is 11.0. The van der Waals surface area contributed by atoms with Crippen molar-refractivity contribution in [2.75, 3.05) is 18.1 Å². The summed E-state index contributed by atoms with van der Waals surface area (Å²) in [5.74, 6) is -1.50. The fraction of sp³-hybridized carbons (Fsp3) is 0.226. The zero-order valence-electron chi connectivity index (χ0n) is 22.6. The maximum absolute atomic E-state index is 13.6. The van der Waals surface area contributed by atoms with E-state index in [-0.39, 0.29) is 40.7 Å². The molecule has 1 saturated heterocycles. The van der Waals surface area contributed by atoms with Gasteiger partial charge in [0.05, 0.1) is 17.3 Å². The molecule has 210 valence electrons. The number of thiazole rings is 1. The number of nitrogens with zero attached hydrogens (tertiary/aromatic N) is 2. The summed E-state index contributed by atoms with van der Waals surface area (Å²) < 4.78 is 16.6. The van der Waals surface area contributed by atoms with Gasteiger partial charge in [0.2, 0.25) is 0 Å². The number of ketones is 1. The lowest BCUT2D eigenvalue weighted by molar-refractivity contribution is -0.132. The molecule has 2 unspecified atom stereocenters. The molecule has 3 heterocycles. The highest BCUT2D eigenvalue weighted by Gasteiger charge is 2.48. The van der Waals surface area contributed by atoms with Crippen LogP contribution in [0.1, 0.15) is 45.0 Å². The molecule has 0 bridgehead atoms. The lowest BCUT2D eigenvalue weighted by Gasteiger charge is -2.23. The average molecular weight is 573 g/mol. The Balaban J connectivity index is 1.65. The van der Waals surface area contributed by atoms with Gasteiger partial charge >= 0.3 is 11.9 Å². The quantitative estimate of drug-likeness (QED) is 0.121. The summed E-state index contributed by atoms with van der Waals surface area (Å²) in [5.41, 5.74) is 2.02. The van der Waals surface area contributed by atoms with Crippen LogP contribution in [0, 0.1) is 6.92 Å². The fourth-order valence-corrected chi connectivity index (χ4v) is 5.86. The molecule has 0 aliphatic carbocycles. The number of hydrogen-bond acceptors (Lipinski definition) is 9. The number of benzene rings is 2. The summed E-state index contributed by atoms with van der Waals surface area (Å²) in [5, 5.41) is 11.7. The smallest absolute Gasteiger partial charge is 0.350 e. The van der Waals surface area contributed by atoms with Crippen LogP contribution in [-0.4, -0.2) is 47.1 Å². The number of rotatable bonds is 9. The summed E-state index contributed by atoms with van der Waals surface area (Å²) in [7, 11) is 0. The van der Waals surface area contributed by atoms with Gasteiger partial charge in [-0.25, -0.2) is 9.78 Å². The molecule has 10 heteroatoms. The molecule has 1 fully saturated rings. The van der Waals surface area contributed by atoms with Gasteiger partial charge in [0.25, 0.3) is 5.78 Å². The molecule has 0 radical (unpaired) electrons. The summed E-state index contributed by atoms with van der Waals surface area (Å²) >= 11 is 0.931. The predicted molar refractivity (Wildman–Crippen MR) is 154 cm³/mol. The Bertz CT molecular complexity index is 1610. The minimum atomic E-state index is -1.05. The Labute approximate surface area is 241 Å². The van der Waals surface area contributed by atoms with Crippen LogP contribution < -0.4 is 14.4 Å². The third-order valence-electron chi connectivity index (χ3n) is 6.66. The highest BCUT2D eigenvalue weighted by molar-refractivity contribution is 7.17. The molecule has 1 aromatic heterocycles. The number of esters is 1. The Hall–Kier alpha value is -4.70. The second-order valence-corrected chi connectivity index (χ2v) is 10.6. The maximum atomic E-state index is 13.6. The number of aryl methyl sites for hydroxylation is 1. The zero-order valence-corrected chi connectivity index (χ0v) is 23.4. The number of aliphatic hydroxyl groups excluding tert-OH is 1. The third-order valence-corrected chi connectivity index (χ3v) is 7.80. The minimum absolute atomic E-state index is 0.00760. The maximum Gasteiger partial charge on any atom is 0.350 e. The van der Waals surface area contributed by atoms with E-state index < -0.39 is 23.7 Å². The van der Waals surface area contributed by atoms with Crippen molar-refractivity contribution in [1.29, 1.82) is 0 Å². The molecule has 2 aliphatic rings. The van der Waals surface area contributed by atoms with Crippen molar-refractivity contribution in [3.8, 4) is 11.5 Å². The molecular formula is C31H28N2O7S. The van der Waals surface area contributed by atoms with E-state index >= 15 is 0 Å². The molecule has 2 atom stereocenters. The largest absolute Gasteiger partial charge is 0.507 e. The number of ether oxygens (including phenoxy) is 3. The first-order valence-corrected chi connectivity index (χ1v) is 13.7. The number of anilines is 1. The number of Topliss-reactive ketones (excluding diaryl/α,β-unsaturated/α-hetero) is 1. The van der Waals surface area contributed by atoms with Crippen LogP contribution in [-0.2, 0) is 20.7 Å². The van der Waals surface area contributed by atoms with E-state index in [4.69, 9.17) is 14.2 Å². The summed E-state index contributed by atoms with van der Waals surface area (Å²) in [6.07, 6.45) is 3.69. The van der Waals surface area contributed by atoms with Gasteiger partial charge in [-0.2, -0.15) is 0 Å². The first-order valence-electron chi connectivity index (χ1n) is 12.9. The highest BCUT2D eigenvalue weighted by atomic mass is 32.1. The van der Waals surface area contributed by atoms with Gasteiger partial charge in [-0.1, -0.05) is 48.8 Å². The van der Waals surface area contributed by atoms with E-state index in [0.717, 1.165) is 16.9 Å². The Kier molecular flexibility index (Phi) is 7.76. The van der Waals surface area contributed by atoms with Gasteiger partial charge in [-0.15, -0.1) is 0 Å². The van der Waals surface area contributed by atoms with Crippen LogP contribution in [0.4, 0.5) is 5.13 Å². The summed E-state index contributed by atoms with van der Waals surface area (Å²) in [6, 6.07) is 11.0. The molecule has 9 nitrogen and oxygen atoms in total. The van der Waals surface area contributed by atoms with Gasteiger partial charge in [-0.05, 0) is 55.3 Å². The Morgan fingerprint density at radius 2 is 1.98 bits per heavy atom. The van der Waals surface area contributed by atoms with Gasteiger partial charge < -0.3 is 19.3 Å². The average Bonchev–Trinajstić information content (AvgIpc) is 3.61. The number of aliphatic hydroxyl groups is 1. The molecular weight excluding hydrogens is 544 g/mol. The molecule has 3 aromatic rings. The van der Waals surface area contributed by atoms with Crippen LogP contribution in [0.3, 0.4) is 0 Å². The molecule has 5 rings (SSSR count). The van der Waals surface area contributed by atoms with E-state index in [1.54, 1.807) is 55.5 Å². The Morgan fingerprint density at radius 1 is 1.20 bits per heavy atom. The van der Waals surface area contributed by atoms with Crippen LogP contribution >= 0.6 is 11.3 Å². The van der Waals surface area contributed by atoms with Crippen molar-refractivity contribution in [1.82, 2.24) is 4.98 Å². The number of fused-ring (bicyclic) bond motifs is 1. The lowest BCUT2D eigenvalue weighted by atomic mass is 9.94. The van der Waals surface area contributed by atoms with Crippen molar-refractivity contribution in [3.05, 3.63) is 101 Å². The van der Waals surface area contributed by atoms with Crippen LogP contribution in [0.5, 0.6) is 11.5 Å². The van der Waals surface area contributed by atoms with Gasteiger partial charge in [0.15, 0.2) is 5.13 Å². The second kappa shape index (κ2) is 11.4. The highest BCUT2D eigenvalue weighted by Crippen LogP contribution is 2.45. The predicted octanol–water partition coefficient (Wildman–Crippen LogP) is 5.31. The minimum Gasteiger partial charge on any atom is -0.507 e. The van der Waals surface area contributed by atoms with E-state index in [0.29, 0.717) is 34.7 Å². The zero-order chi connectivity index (χ0) is 29.3. The lowest BCUT2D eigenvalue weighted by Crippen LogP contribution is -2.29. The molecule has 41 heavy (non-hydrogen) atoms. The number of carbonyl (C=O) groups excluding carboxylic acids is 3. The van der Waals surface area contributed by atoms with Crippen molar-refractivity contribution < 1.29 is 33.7 Å². The van der Waals surface area contributed by atoms with E-state index in [1.165, 1.54) is 11.0 Å². The van der Waals surface area contributed by atoms with Crippen LogP contribution in [0.25, 0.3) is 5.76 Å². The van der Waals surface area contributed by atoms with Gasteiger partial charge in [0.1, 0.15) is 41.5 Å². The van der Waals surface area contributed by atoms with Crippen molar-refractivity contribution >= 4 is 39.9 Å². The second-order valence-electron chi connectivity index (χ2n) is 9.59. The molecule has 2 aliphatic heterocycles. The van der Waals surface area contributed by atoms with Crippen molar-refractivity contribution in [2.24, 2.45) is 0 Å². The molecule has 1 amide bonds. The van der Waals surface area contributed by atoms with Gasteiger partial charge in [-0.3, -0.25) is 14.5 Å². The normalized spacial score (nSPS) is 19.0. The summed E-state index contributed by atoms with van der Waals surface area (Å²) in [4.78, 5) is 45.7. The fourth-order valence-electron chi connectivity index (χ4n) is 4.87. The SMILES string of the molecule is C=CCOC(=O)c1sc(N2C(=O)C(=O)/C(=C(/O)c3ccc4c(c3)CC(C)O4)C2c2cccc(OCC=C)c2)nc1C. The number of carbonyl (C=O) groups is 3. The third kappa shape index (κ3) is 5.26. The van der Waals surface area contributed by atoms with E-state index in [9.17, 15) is 19.5 Å². The standard InChI is InChI=1S/C31H28N2O7S/c1-5-12-38-22-9-7-8-19(16-22)25-24(26(34)20-10-11-23-21(15-20)14-17(3)40-23)27(35)29(36)33(25)31-32-18(4)28(41-31)30(37)39-13-6-2/h5-11,15-17,25,34H,1-2,12-14H2,3-4H3/b26-24+. The number of aromatic nitrogens is 1. The first-order chi connectivity index (χ1) is 19.7. The van der Waals surface area contributed by atoms with E-state index in [1.807, 2.05) is 6.92 Å². The Morgan fingerprint density at radius 3 is 2.73 bits per heavy atom. The van der Waals surface area contributed by atoms with Crippen molar-refractivity contribution in [3.63, 3.8) is 0 Å². The van der Waals surface area contributed by atoms with Crippen LogP contribution in [0.2, 0.25) is 0 Å². The number of hydrogen-bond donors (Lipinski definition) is 1. The van der Waals surface area contributed by atoms with Gasteiger partial charge in [0, 0.05) is 12.0 Å². The number of amides is 1. The van der Waals surface area contributed by atoms with Crippen molar-refractivity contribution in [2.45, 2.75) is 32.4 Å².